The van der Waals surface area contributed by atoms with Gasteiger partial charge < -0.3 is 14.8 Å². The Balaban J connectivity index is 1.80. The first-order valence-corrected chi connectivity index (χ1v) is 8.55. The molecule has 2 aromatic carbocycles. The summed E-state index contributed by atoms with van der Waals surface area (Å²) in [6.07, 6.45) is 1.26. The van der Waals surface area contributed by atoms with Gasteiger partial charge in [-0.05, 0) is 30.3 Å². The van der Waals surface area contributed by atoms with Crippen LogP contribution in [0.4, 0.5) is 11.5 Å². The van der Waals surface area contributed by atoms with Crippen molar-refractivity contribution in [3.8, 4) is 11.5 Å². The largest absolute Gasteiger partial charge is 0.497 e. The Bertz CT molecular complexity index is 975. The van der Waals surface area contributed by atoms with Gasteiger partial charge in [-0.3, -0.25) is 9.69 Å². The molecule has 0 bridgehead atoms. The molecular formula is C21H19N3O3. The number of amides is 1. The zero-order valence-electron chi connectivity index (χ0n) is 15.0. The number of pyridine rings is 1. The van der Waals surface area contributed by atoms with Gasteiger partial charge in [0.1, 0.15) is 23.5 Å². The highest BCUT2D eigenvalue weighted by molar-refractivity contribution is 6.11. The van der Waals surface area contributed by atoms with Crippen LogP contribution >= 0.6 is 0 Å². The molecule has 1 aliphatic rings. The van der Waals surface area contributed by atoms with Crippen LogP contribution in [0.2, 0.25) is 0 Å². The first-order chi connectivity index (χ1) is 13.2. The quantitative estimate of drug-likeness (QED) is 0.747. The number of nitrogens with zero attached hydrogens (tertiary/aromatic N) is 2. The number of rotatable bonds is 5. The number of carbonyl (C=O) groups excluding carboxylic acids is 1. The van der Waals surface area contributed by atoms with E-state index >= 15 is 0 Å². The highest BCUT2D eigenvalue weighted by atomic mass is 16.5. The molecule has 1 aliphatic heterocycles. The second kappa shape index (κ2) is 6.99. The minimum Gasteiger partial charge on any atom is -0.497 e. The van der Waals surface area contributed by atoms with Crippen LogP contribution in [0.25, 0.3) is 0 Å². The number of aromatic nitrogens is 1. The van der Waals surface area contributed by atoms with Crippen molar-refractivity contribution in [2.24, 2.45) is 0 Å². The highest BCUT2D eigenvalue weighted by Gasteiger charge is 2.38. The normalized spacial score (nSPS) is 15.4. The first-order valence-electron chi connectivity index (χ1n) is 8.55. The van der Waals surface area contributed by atoms with Crippen molar-refractivity contribution < 1.29 is 14.3 Å². The number of hydrogen-bond acceptors (Lipinski definition) is 5. The fourth-order valence-electron chi connectivity index (χ4n) is 3.27. The third-order valence-electron chi connectivity index (χ3n) is 4.56. The summed E-state index contributed by atoms with van der Waals surface area (Å²) >= 11 is 0. The summed E-state index contributed by atoms with van der Waals surface area (Å²) in [5, 5.41) is 3.43. The Morgan fingerprint density at radius 2 is 1.81 bits per heavy atom. The smallest absolute Gasteiger partial charge is 0.261 e. The van der Waals surface area contributed by atoms with Crippen LogP contribution in [0.1, 0.15) is 22.1 Å². The van der Waals surface area contributed by atoms with Crippen molar-refractivity contribution in [3.63, 3.8) is 0 Å². The zero-order chi connectivity index (χ0) is 18.8. The fraction of sp³-hybridized carbons (Fsp3) is 0.143. The molecule has 0 saturated carbocycles. The lowest BCUT2D eigenvalue weighted by atomic mass is 10.1. The number of methoxy groups -OCH3 is 2. The Morgan fingerprint density at radius 1 is 1.00 bits per heavy atom. The van der Waals surface area contributed by atoms with E-state index < -0.39 is 6.17 Å². The predicted octanol–water partition coefficient (Wildman–Crippen LogP) is 3.87. The number of hydrogen-bond donors (Lipinski definition) is 1. The van der Waals surface area contributed by atoms with E-state index in [2.05, 4.69) is 10.3 Å². The Labute approximate surface area is 157 Å². The summed E-state index contributed by atoms with van der Waals surface area (Å²) in [7, 11) is 3.22. The average Bonchev–Trinajstić information content (AvgIpc) is 3.00. The molecule has 3 aromatic rings. The van der Waals surface area contributed by atoms with Crippen molar-refractivity contribution in [3.05, 3.63) is 78.0 Å². The lowest BCUT2D eigenvalue weighted by molar-refractivity contribution is 0.0992. The molecule has 27 heavy (non-hydrogen) atoms. The maximum Gasteiger partial charge on any atom is 0.261 e. The van der Waals surface area contributed by atoms with Crippen LogP contribution in [-0.2, 0) is 0 Å². The number of carbonyl (C=O) groups is 1. The lowest BCUT2D eigenvalue weighted by Crippen LogP contribution is -2.33. The van der Waals surface area contributed by atoms with Gasteiger partial charge >= 0.3 is 0 Å². The zero-order valence-corrected chi connectivity index (χ0v) is 15.0. The van der Waals surface area contributed by atoms with Crippen LogP contribution in [0, 0.1) is 0 Å². The minimum atomic E-state index is -0.412. The SMILES string of the molecule is COc1ccc(OC)c(N[C@@H]2c3ccccc3C(=O)N2c2ccccn2)c1. The first kappa shape index (κ1) is 16.9. The van der Waals surface area contributed by atoms with Crippen molar-refractivity contribution in [1.29, 1.82) is 0 Å². The van der Waals surface area contributed by atoms with Gasteiger partial charge in [0.25, 0.3) is 5.91 Å². The molecule has 1 aromatic heterocycles. The van der Waals surface area contributed by atoms with E-state index in [1.54, 1.807) is 25.3 Å². The van der Waals surface area contributed by atoms with Crippen molar-refractivity contribution >= 4 is 17.4 Å². The van der Waals surface area contributed by atoms with Crippen molar-refractivity contribution in [2.45, 2.75) is 6.17 Å². The van der Waals surface area contributed by atoms with Crippen molar-refractivity contribution in [1.82, 2.24) is 4.98 Å². The third kappa shape index (κ3) is 2.95. The summed E-state index contributed by atoms with van der Waals surface area (Å²) in [6, 6.07) is 18.6. The second-order valence-electron chi connectivity index (χ2n) is 6.06. The van der Waals surface area contributed by atoms with Gasteiger partial charge in [-0.15, -0.1) is 0 Å². The van der Waals surface area contributed by atoms with E-state index in [4.69, 9.17) is 9.47 Å². The molecule has 1 amide bonds. The summed E-state index contributed by atoms with van der Waals surface area (Å²) < 4.78 is 10.8. The van der Waals surface area contributed by atoms with Crippen LogP contribution in [0.5, 0.6) is 11.5 Å². The summed E-state index contributed by atoms with van der Waals surface area (Å²) in [5.74, 6) is 1.84. The molecule has 6 heteroatoms. The third-order valence-corrected chi connectivity index (χ3v) is 4.56. The highest BCUT2D eigenvalue weighted by Crippen LogP contribution is 2.39. The minimum absolute atomic E-state index is 0.0938. The predicted molar refractivity (Wildman–Crippen MR) is 103 cm³/mol. The maximum atomic E-state index is 13.1. The van der Waals surface area contributed by atoms with E-state index in [-0.39, 0.29) is 5.91 Å². The number of fused-ring (bicyclic) bond motifs is 1. The van der Waals surface area contributed by atoms with E-state index in [1.807, 2.05) is 60.7 Å². The molecule has 0 unspecified atom stereocenters. The van der Waals surface area contributed by atoms with Gasteiger partial charge in [0, 0.05) is 23.4 Å². The van der Waals surface area contributed by atoms with Gasteiger partial charge in [0.15, 0.2) is 0 Å². The second-order valence-corrected chi connectivity index (χ2v) is 6.06. The van der Waals surface area contributed by atoms with Gasteiger partial charge in [-0.2, -0.15) is 0 Å². The number of nitrogens with one attached hydrogen (secondary N) is 1. The van der Waals surface area contributed by atoms with E-state index in [1.165, 1.54) is 0 Å². The standard InChI is InChI=1S/C21H19N3O3/c1-26-14-10-11-18(27-2)17(13-14)23-20-15-7-3-4-8-16(15)21(25)24(20)19-9-5-6-12-22-19/h3-13,20,23H,1-2H3/t20-/m0/s1. The molecule has 4 rings (SSSR count). The Hall–Kier alpha value is -3.54. The number of benzene rings is 2. The molecule has 136 valence electrons. The lowest BCUT2D eigenvalue weighted by Gasteiger charge is -2.27. The molecule has 6 nitrogen and oxygen atoms in total. The molecule has 0 spiro atoms. The summed E-state index contributed by atoms with van der Waals surface area (Å²) in [4.78, 5) is 19.1. The van der Waals surface area contributed by atoms with Crippen molar-refractivity contribution in [2.75, 3.05) is 24.4 Å². The van der Waals surface area contributed by atoms with Gasteiger partial charge in [-0.25, -0.2) is 4.98 Å². The molecule has 1 N–H and O–H groups in total. The van der Waals surface area contributed by atoms with E-state index in [0.29, 0.717) is 22.9 Å². The Morgan fingerprint density at radius 3 is 2.56 bits per heavy atom. The van der Waals surface area contributed by atoms with Crippen LogP contribution in [0.15, 0.2) is 66.9 Å². The topological polar surface area (TPSA) is 63.7 Å². The van der Waals surface area contributed by atoms with Gasteiger partial charge in [-0.1, -0.05) is 24.3 Å². The monoisotopic (exact) mass is 361 g/mol. The molecule has 0 aliphatic carbocycles. The fourth-order valence-corrected chi connectivity index (χ4v) is 3.27. The summed E-state index contributed by atoms with van der Waals surface area (Å²) in [6.45, 7) is 0. The molecule has 0 radical (unpaired) electrons. The van der Waals surface area contributed by atoms with Gasteiger partial charge in [0.2, 0.25) is 0 Å². The average molecular weight is 361 g/mol. The molecule has 2 heterocycles. The molecular weight excluding hydrogens is 342 g/mol. The molecule has 0 fully saturated rings. The maximum absolute atomic E-state index is 13.1. The Kier molecular flexibility index (Phi) is 4.38. The summed E-state index contributed by atoms with van der Waals surface area (Å²) in [5.41, 5.74) is 2.27. The van der Waals surface area contributed by atoms with Crippen LogP contribution in [-0.4, -0.2) is 25.1 Å². The van der Waals surface area contributed by atoms with Crippen LogP contribution in [0.3, 0.4) is 0 Å². The van der Waals surface area contributed by atoms with Gasteiger partial charge in [0.05, 0.1) is 19.9 Å². The van der Waals surface area contributed by atoms with E-state index in [0.717, 1.165) is 11.3 Å². The number of ether oxygens (including phenoxy) is 2. The number of anilines is 2. The molecule has 0 saturated heterocycles. The molecule has 1 atom stereocenters. The van der Waals surface area contributed by atoms with E-state index in [9.17, 15) is 4.79 Å². The van der Waals surface area contributed by atoms with Crippen LogP contribution < -0.4 is 19.7 Å².